The lowest BCUT2D eigenvalue weighted by atomic mass is 9.81. The third-order valence-electron chi connectivity index (χ3n) is 5.05. The van der Waals surface area contributed by atoms with Crippen molar-refractivity contribution in [2.45, 2.75) is 39.3 Å². The maximum Gasteiger partial charge on any atom is 0.184 e. The van der Waals surface area contributed by atoms with Gasteiger partial charge in [0.25, 0.3) is 0 Å². The number of nitrogens with zero attached hydrogens (tertiary/aromatic N) is 1. The van der Waals surface area contributed by atoms with Crippen molar-refractivity contribution >= 4 is 23.0 Å². The van der Waals surface area contributed by atoms with Crippen molar-refractivity contribution in [3.8, 4) is 0 Å². The number of nitrogens with two attached hydrogens (primary N) is 1. The van der Waals surface area contributed by atoms with Gasteiger partial charge >= 0.3 is 0 Å². The molecular weight excluding hydrogens is 340 g/mol. The van der Waals surface area contributed by atoms with Crippen LogP contribution in [0.5, 0.6) is 0 Å². The van der Waals surface area contributed by atoms with Crippen molar-refractivity contribution in [3.63, 3.8) is 0 Å². The Hall–Kier alpha value is -2.24. The SMILES string of the molecule is Cc1ccc(C2C/C(=N\NC(N)=S)C(C)C(c3ccc(C)cc3)N2)cc1. The number of piperidine rings is 1. The third-order valence-corrected chi connectivity index (χ3v) is 5.14. The zero-order valence-electron chi connectivity index (χ0n) is 15.5. The zero-order chi connectivity index (χ0) is 18.7. The number of thiocarbonyl (C=S) groups is 1. The van der Waals surface area contributed by atoms with Gasteiger partial charge in [-0.1, -0.05) is 66.6 Å². The first kappa shape index (κ1) is 18.5. The van der Waals surface area contributed by atoms with Crippen LogP contribution in [0.2, 0.25) is 0 Å². The lowest BCUT2D eigenvalue weighted by Gasteiger charge is -2.37. The van der Waals surface area contributed by atoms with Gasteiger partial charge in [-0.2, -0.15) is 5.10 Å². The van der Waals surface area contributed by atoms with Gasteiger partial charge < -0.3 is 11.1 Å². The molecule has 136 valence electrons. The van der Waals surface area contributed by atoms with E-state index in [1.54, 1.807) is 0 Å². The Labute approximate surface area is 160 Å². The number of rotatable bonds is 3. The van der Waals surface area contributed by atoms with Gasteiger partial charge in [0.15, 0.2) is 5.11 Å². The molecule has 1 fully saturated rings. The molecule has 0 saturated carbocycles. The van der Waals surface area contributed by atoms with Gasteiger partial charge in [-0.15, -0.1) is 0 Å². The first-order valence-electron chi connectivity index (χ1n) is 8.95. The van der Waals surface area contributed by atoms with Crippen molar-refractivity contribution in [2.75, 3.05) is 0 Å². The van der Waals surface area contributed by atoms with Crippen molar-refractivity contribution in [2.24, 2.45) is 16.8 Å². The van der Waals surface area contributed by atoms with E-state index in [1.165, 1.54) is 22.3 Å². The fourth-order valence-corrected chi connectivity index (χ4v) is 3.50. The molecule has 26 heavy (non-hydrogen) atoms. The average Bonchev–Trinajstić information content (AvgIpc) is 2.62. The minimum atomic E-state index is 0.183. The molecule has 1 heterocycles. The minimum Gasteiger partial charge on any atom is -0.375 e. The predicted molar refractivity (Wildman–Crippen MR) is 112 cm³/mol. The Balaban J connectivity index is 1.94. The third kappa shape index (κ3) is 4.29. The molecule has 3 atom stereocenters. The Bertz CT molecular complexity index is 796. The Morgan fingerprint density at radius 3 is 2.12 bits per heavy atom. The van der Waals surface area contributed by atoms with Crippen LogP contribution in [0.4, 0.5) is 0 Å². The van der Waals surface area contributed by atoms with Gasteiger partial charge in [0.05, 0.1) is 0 Å². The highest BCUT2D eigenvalue weighted by Crippen LogP contribution is 2.35. The number of nitrogens with one attached hydrogen (secondary N) is 2. The second-order valence-electron chi connectivity index (χ2n) is 7.09. The lowest BCUT2D eigenvalue weighted by molar-refractivity contribution is 0.363. The van der Waals surface area contributed by atoms with E-state index in [0.717, 1.165) is 12.1 Å². The van der Waals surface area contributed by atoms with Crippen LogP contribution in [0.25, 0.3) is 0 Å². The number of hydrogen-bond acceptors (Lipinski definition) is 3. The number of hydrogen-bond donors (Lipinski definition) is 3. The zero-order valence-corrected chi connectivity index (χ0v) is 16.3. The fourth-order valence-electron chi connectivity index (χ4n) is 3.45. The quantitative estimate of drug-likeness (QED) is 0.569. The fraction of sp³-hybridized carbons (Fsp3) is 0.333. The van der Waals surface area contributed by atoms with Crippen molar-refractivity contribution < 1.29 is 0 Å². The van der Waals surface area contributed by atoms with Gasteiger partial charge in [0.1, 0.15) is 0 Å². The second-order valence-corrected chi connectivity index (χ2v) is 7.53. The predicted octanol–water partition coefficient (Wildman–Crippen LogP) is 3.90. The minimum absolute atomic E-state index is 0.183. The van der Waals surface area contributed by atoms with E-state index in [0.29, 0.717) is 0 Å². The Morgan fingerprint density at radius 1 is 1.04 bits per heavy atom. The molecule has 3 rings (SSSR count). The molecule has 0 spiro atoms. The summed E-state index contributed by atoms with van der Waals surface area (Å²) < 4.78 is 0. The monoisotopic (exact) mass is 366 g/mol. The van der Waals surface area contributed by atoms with Gasteiger partial charge in [0, 0.05) is 30.1 Å². The number of hydrazone groups is 1. The molecule has 2 aromatic carbocycles. The second kappa shape index (κ2) is 7.98. The molecule has 0 amide bonds. The summed E-state index contributed by atoms with van der Waals surface area (Å²) in [4.78, 5) is 0. The van der Waals surface area contributed by atoms with Crippen LogP contribution >= 0.6 is 12.2 Å². The van der Waals surface area contributed by atoms with Crippen LogP contribution in [0.3, 0.4) is 0 Å². The summed E-state index contributed by atoms with van der Waals surface area (Å²) in [5, 5.41) is 8.53. The van der Waals surface area contributed by atoms with E-state index in [-0.39, 0.29) is 23.1 Å². The summed E-state index contributed by atoms with van der Waals surface area (Å²) in [5.41, 5.74) is 14.5. The van der Waals surface area contributed by atoms with Crippen LogP contribution < -0.4 is 16.5 Å². The maximum atomic E-state index is 5.58. The molecule has 1 aliphatic heterocycles. The highest BCUT2D eigenvalue weighted by Gasteiger charge is 2.33. The highest BCUT2D eigenvalue weighted by molar-refractivity contribution is 7.80. The van der Waals surface area contributed by atoms with Gasteiger partial charge in [-0.05, 0) is 37.2 Å². The summed E-state index contributed by atoms with van der Waals surface area (Å²) in [6.45, 7) is 6.41. The smallest absolute Gasteiger partial charge is 0.184 e. The molecule has 0 aliphatic carbocycles. The summed E-state index contributed by atoms with van der Waals surface area (Å²) >= 11 is 4.92. The normalized spacial score (nSPS) is 24.4. The standard InChI is InChI=1S/C21H26N4S/c1-13-4-8-16(9-5-13)19-12-18(24-25-21(22)26)15(3)20(23-19)17-10-6-14(2)7-11-17/h4-11,15,19-20,23H,12H2,1-3H3,(H3,22,25,26)/b24-18+. The molecule has 3 unspecified atom stereocenters. The molecule has 0 bridgehead atoms. The molecule has 1 saturated heterocycles. The Morgan fingerprint density at radius 2 is 1.58 bits per heavy atom. The molecular formula is C21H26N4S. The van der Waals surface area contributed by atoms with Crippen molar-refractivity contribution in [1.82, 2.24) is 10.7 Å². The average molecular weight is 367 g/mol. The summed E-state index contributed by atoms with van der Waals surface area (Å²) in [5.74, 6) is 0.237. The van der Waals surface area contributed by atoms with Gasteiger partial charge in [-0.3, -0.25) is 5.43 Å². The van der Waals surface area contributed by atoms with Crippen molar-refractivity contribution in [1.29, 1.82) is 0 Å². The van der Waals surface area contributed by atoms with Crippen LogP contribution in [0, 0.1) is 19.8 Å². The first-order chi connectivity index (χ1) is 12.4. The molecule has 0 radical (unpaired) electrons. The maximum absolute atomic E-state index is 5.58. The van der Waals surface area contributed by atoms with Gasteiger partial charge in [0.2, 0.25) is 0 Å². The summed E-state index contributed by atoms with van der Waals surface area (Å²) in [6, 6.07) is 17.8. The van der Waals surface area contributed by atoms with Crippen LogP contribution in [-0.4, -0.2) is 10.8 Å². The Kier molecular flexibility index (Phi) is 5.69. The van der Waals surface area contributed by atoms with E-state index < -0.39 is 0 Å². The molecule has 5 heteroatoms. The molecule has 0 aromatic heterocycles. The largest absolute Gasteiger partial charge is 0.375 e. The number of benzene rings is 2. The molecule has 2 aromatic rings. The van der Waals surface area contributed by atoms with E-state index >= 15 is 0 Å². The van der Waals surface area contributed by atoms with Crippen LogP contribution in [0.15, 0.2) is 53.6 Å². The van der Waals surface area contributed by atoms with Crippen molar-refractivity contribution in [3.05, 3.63) is 70.8 Å². The lowest BCUT2D eigenvalue weighted by Crippen LogP contribution is -2.42. The van der Waals surface area contributed by atoms with E-state index in [4.69, 9.17) is 18.0 Å². The topological polar surface area (TPSA) is 62.4 Å². The highest BCUT2D eigenvalue weighted by atomic mass is 32.1. The number of aryl methyl sites for hydroxylation is 2. The summed E-state index contributed by atoms with van der Waals surface area (Å²) in [7, 11) is 0. The van der Waals surface area contributed by atoms with Crippen LogP contribution in [-0.2, 0) is 0 Å². The van der Waals surface area contributed by atoms with Crippen LogP contribution in [0.1, 0.15) is 47.7 Å². The summed E-state index contributed by atoms with van der Waals surface area (Å²) in [6.07, 6.45) is 0.822. The van der Waals surface area contributed by atoms with E-state index in [1.807, 2.05) is 0 Å². The van der Waals surface area contributed by atoms with Gasteiger partial charge in [-0.25, -0.2) is 0 Å². The molecule has 4 nitrogen and oxygen atoms in total. The first-order valence-corrected chi connectivity index (χ1v) is 9.36. The molecule has 1 aliphatic rings. The van der Waals surface area contributed by atoms with E-state index in [2.05, 4.69) is 85.1 Å². The van der Waals surface area contributed by atoms with E-state index in [9.17, 15) is 0 Å². The molecule has 4 N–H and O–H groups in total.